The number of nitrogens with one attached hydrogen (secondary N) is 1. The van der Waals surface area contributed by atoms with Crippen molar-refractivity contribution < 1.29 is 0 Å². The molecule has 0 amide bonds. The SMILES string of the molecule is CCCNC(c1cccc(C)c1)C(C)(C)N1CCCCC1. The molecule has 0 bridgehead atoms. The standard InChI is InChI=1S/C19H32N2/c1-5-12-20-18(17-11-9-10-16(2)15-17)19(3,4)21-13-7-6-8-14-21/h9-11,15,18,20H,5-8,12-14H2,1-4H3. The molecule has 1 aromatic carbocycles. The Labute approximate surface area is 130 Å². The monoisotopic (exact) mass is 288 g/mol. The lowest BCUT2D eigenvalue weighted by molar-refractivity contribution is 0.0607. The molecule has 1 unspecified atom stereocenters. The lowest BCUT2D eigenvalue weighted by Crippen LogP contribution is -2.54. The molecule has 1 N–H and O–H groups in total. The van der Waals surface area contributed by atoms with Crippen LogP contribution in [0.2, 0.25) is 0 Å². The van der Waals surface area contributed by atoms with Crippen LogP contribution in [0.3, 0.4) is 0 Å². The van der Waals surface area contributed by atoms with Gasteiger partial charge in [0, 0.05) is 5.54 Å². The van der Waals surface area contributed by atoms with Gasteiger partial charge in [-0.3, -0.25) is 4.90 Å². The summed E-state index contributed by atoms with van der Waals surface area (Å²) in [6, 6.07) is 9.41. The smallest absolute Gasteiger partial charge is 0.0501 e. The number of hydrogen-bond donors (Lipinski definition) is 1. The summed E-state index contributed by atoms with van der Waals surface area (Å²) in [6.07, 6.45) is 5.26. The summed E-state index contributed by atoms with van der Waals surface area (Å²) < 4.78 is 0. The van der Waals surface area contributed by atoms with Crippen molar-refractivity contribution in [3.63, 3.8) is 0 Å². The molecule has 1 atom stereocenters. The van der Waals surface area contributed by atoms with E-state index in [1.165, 1.54) is 49.9 Å². The molecule has 1 aliphatic heterocycles. The quantitative estimate of drug-likeness (QED) is 0.839. The fourth-order valence-electron chi connectivity index (χ4n) is 3.57. The van der Waals surface area contributed by atoms with Crippen molar-refractivity contribution in [3.05, 3.63) is 35.4 Å². The minimum Gasteiger partial charge on any atom is -0.308 e. The Morgan fingerprint density at radius 1 is 1.19 bits per heavy atom. The van der Waals surface area contributed by atoms with Crippen molar-refractivity contribution >= 4 is 0 Å². The van der Waals surface area contributed by atoms with Crippen LogP contribution in [0.4, 0.5) is 0 Å². The van der Waals surface area contributed by atoms with Gasteiger partial charge in [-0.2, -0.15) is 0 Å². The first-order valence-corrected chi connectivity index (χ1v) is 8.60. The molecule has 0 aromatic heterocycles. The summed E-state index contributed by atoms with van der Waals surface area (Å²) >= 11 is 0. The summed E-state index contributed by atoms with van der Waals surface area (Å²) in [4.78, 5) is 2.69. The molecule has 21 heavy (non-hydrogen) atoms. The minimum atomic E-state index is 0.156. The van der Waals surface area contributed by atoms with Gasteiger partial charge in [0.05, 0.1) is 6.04 Å². The number of rotatable bonds is 6. The topological polar surface area (TPSA) is 15.3 Å². The maximum absolute atomic E-state index is 3.81. The van der Waals surface area contributed by atoms with E-state index in [1.54, 1.807) is 0 Å². The van der Waals surface area contributed by atoms with Gasteiger partial charge in [-0.15, -0.1) is 0 Å². The molecular weight excluding hydrogens is 256 g/mol. The van der Waals surface area contributed by atoms with E-state index in [4.69, 9.17) is 0 Å². The number of likely N-dealkylation sites (tertiary alicyclic amines) is 1. The van der Waals surface area contributed by atoms with Crippen LogP contribution in [0.1, 0.15) is 63.6 Å². The van der Waals surface area contributed by atoms with Crippen molar-refractivity contribution in [2.24, 2.45) is 0 Å². The second kappa shape index (κ2) is 7.42. The van der Waals surface area contributed by atoms with E-state index in [0.29, 0.717) is 6.04 Å². The van der Waals surface area contributed by atoms with Gasteiger partial charge in [-0.05, 0) is 65.2 Å². The van der Waals surface area contributed by atoms with Gasteiger partial charge in [-0.1, -0.05) is 43.2 Å². The minimum absolute atomic E-state index is 0.156. The summed E-state index contributed by atoms with van der Waals surface area (Å²) in [5.74, 6) is 0. The summed E-state index contributed by atoms with van der Waals surface area (Å²) in [7, 11) is 0. The first-order valence-electron chi connectivity index (χ1n) is 8.60. The van der Waals surface area contributed by atoms with E-state index in [-0.39, 0.29) is 5.54 Å². The van der Waals surface area contributed by atoms with Crippen LogP contribution >= 0.6 is 0 Å². The van der Waals surface area contributed by atoms with Gasteiger partial charge in [0.15, 0.2) is 0 Å². The zero-order chi connectivity index (χ0) is 15.3. The Hall–Kier alpha value is -0.860. The Balaban J connectivity index is 2.25. The van der Waals surface area contributed by atoms with Gasteiger partial charge in [-0.25, -0.2) is 0 Å². The molecule has 1 fully saturated rings. The lowest BCUT2D eigenvalue weighted by atomic mass is 9.85. The predicted molar refractivity (Wildman–Crippen MR) is 91.7 cm³/mol. The first-order chi connectivity index (χ1) is 10.1. The molecule has 1 saturated heterocycles. The summed E-state index contributed by atoms with van der Waals surface area (Å²) in [6.45, 7) is 12.8. The van der Waals surface area contributed by atoms with Crippen LogP contribution in [0.15, 0.2) is 24.3 Å². The summed E-state index contributed by atoms with van der Waals surface area (Å²) in [5, 5.41) is 3.81. The molecule has 2 nitrogen and oxygen atoms in total. The normalized spacial score (nSPS) is 18.7. The number of aryl methyl sites for hydroxylation is 1. The maximum atomic E-state index is 3.81. The van der Waals surface area contributed by atoms with Gasteiger partial charge < -0.3 is 5.32 Å². The van der Waals surface area contributed by atoms with Gasteiger partial charge >= 0.3 is 0 Å². The van der Waals surface area contributed by atoms with Crippen LogP contribution in [-0.4, -0.2) is 30.1 Å². The molecule has 1 aliphatic rings. The third kappa shape index (κ3) is 4.08. The van der Waals surface area contributed by atoms with Crippen molar-refractivity contribution in [1.82, 2.24) is 10.2 Å². The van der Waals surface area contributed by atoms with Crippen molar-refractivity contribution in [1.29, 1.82) is 0 Å². The Bertz CT molecular complexity index is 433. The molecule has 2 rings (SSSR count). The fraction of sp³-hybridized carbons (Fsp3) is 0.684. The average Bonchev–Trinajstić information content (AvgIpc) is 2.48. The zero-order valence-electron chi connectivity index (χ0n) is 14.3. The van der Waals surface area contributed by atoms with Crippen LogP contribution in [-0.2, 0) is 0 Å². The first kappa shape index (κ1) is 16.5. The average molecular weight is 288 g/mol. The van der Waals surface area contributed by atoms with E-state index in [1.807, 2.05) is 0 Å². The highest BCUT2D eigenvalue weighted by Gasteiger charge is 2.36. The van der Waals surface area contributed by atoms with Crippen LogP contribution in [0.5, 0.6) is 0 Å². The highest BCUT2D eigenvalue weighted by atomic mass is 15.2. The summed E-state index contributed by atoms with van der Waals surface area (Å²) in [5.41, 5.74) is 2.94. The van der Waals surface area contributed by atoms with Crippen LogP contribution in [0.25, 0.3) is 0 Å². The number of piperidine rings is 1. The van der Waals surface area contributed by atoms with Crippen LogP contribution < -0.4 is 5.32 Å². The Morgan fingerprint density at radius 2 is 1.90 bits per heavy atom. The number of nitrogens with zero attached hydrogens (tertiary/aromatic N) is 1. The molecule has 0 saturated carbocycles. The molecule has 118 valence electrons. The second-order valence-corrected chi connectivity index (χ2v) is 7.00. The van der Waals surface area contributed by atoms with Crippen molar-refractivity contribution in [2.45, 2.75) is 65.0 Å². The predicted octanol–water partition coefficient (Wildman–Crippen LogP) is 4.30. The zero-order valence-corrected chi connectivity index (χ0v) is 14.3. The number of benzene rings is 1. The molecule has 0 aliphatic carbocycles. The Morgan fingerprint density at radius 3 is 2.52 bits per heavy atom. The molecule has 1 heterocycles. The fourth-order valence-corrected chi connectivity index (χ4v) is 3.57. The van der Waals surface area contributed by atoms with Gasteiger partial charge in [0.2, 0.25) is 0 Å². The van der Waals surface area contributed by atoms with E-state index in [0.717, 1.165) is 6.54 Å². The van der Waals surface area contributed by atoms with Crippen LogP contribution in [0, 0.1) is 6.92 Å². The third-order valence-electron chi connectivity index (χ3n) is 4.85. The van der Waals surface area contributed by atoms with E-state index in [9.17, 15) is 0 Å². The largest absolute Gasteiger partial charge is 0.308 e. The highest BCUT2D eigenvalue weighted by Crippen LogP contribution is 2.33. The van der Waals surface area contributed by atoms with E-state index < -0.39 is 0 Å². The Kier molecular flexibility index (Phi) is 5.83. The van der Waals surface area contributed by atoms with Crippen molar-refractivity contribution in [3.8, 4) is 0 Å². The highest BCUT2D eigenvalue weighted by molar-refractivity contribution is 5.27. The molecule has 2 heteroatoms. The lowest BCUT2D eigenvalue weighted by Gasteiger charge is -2.46. The van der Waals surface area contributed by atoms with Gasteiger partial charge in [0.25, 0.3) is 0 Å². The molecule has 0 radical (unpaired) electrons. The van der Waals surface area contributed by atoms with Crippen molar-refractivity contribution in [2.75, 3.05) is 19.6 Å². The third-order valence-corrected chi connectivity index (χ3v) is 4.85. The number of hydrogen-bond acceptors (Lipinski definition) is 2. The van der Waals surface area contributed by atoms with E-state index >= 15 is 0 Å². The van der Waals surface area contributed by atoms with E-state index in [2.05, 4.69) is 62.2 Å². The molecule has 1 aromatic rings. The molecule has 0 spiro atoms. The second-order valence-electron chi connectivity index (χ2n) is 7.00. The molecular formula is C19H32N2. The maximum Gasteiger partial charge on any atom is 0.0501 e. The van der Waals surface area contributed by atoms with Gasteiger partial charge in [0.1, 0.15) is 0 Å².